The maximum atomic E-state index is 12.3. The summed E-state index contributed by atoms with van der Waals surface area (Å²) in [4.78, 5) is 24.0. The summed E-state index contributed by atoms with van der Waals surface area (Å²) in [5, 5.41) is 7.95. The van der Waals surface area contributed by atoms with E-state index in [1.54, 1.807) is 0 Å². The molecule has 7 heteroatoms. The lowest BCUT2D eigenvalue weighted by atomic mass is 9.99. The van der Waals surface area contributed by atoms with Crippen LogP contribution in [0.3, 0.4) is 0 Å². The number of anilines is 1. The molecule has 0 aliphatic carbocycles. The standard InChI is InChI=1S/C23H29N5O2/c1-15-4-6-18(7-5-15)14-24-20(29)9-8-19-25-22(28-12-10-16(2)11-13-28)21-17(3)27-30-23(21)26-19/h4-7,16H,8-14H2,1-3H3,(H,24,29). The van der Waals surface area contributed by atoms with Gasteiger partial charge in [0.1, 0.15) is 17.0 Å². The highest BCUT2D eigenvalue weighted by atomic mass is 16.5. The molecule has 3 heterocycles. The molecule has 2 aromatic heterocycles. The fraction of sp³-hybridized carbons (Fsp3) is 0.478. The molecule has 7 nitrogen and oxygen atoms in total. The summed E-state index contributed by atoms with van der Waals surface area (Å²) >= 11 is 0. The highest BCUT2D eigenvalue weighted by Gasteiger charge is 2.23. The van der Waals surface area contributed by atoms with Crippen LogP contribution in [-0.4, -0.2) is 34.1 Å². The summed E-state index contributed by atoms with van der Waals surface area (Å²) in [6.07, 6.45) is 3.09. The number of carbonyl (C=O) groups is 1. The monoisotopic (exact) mass is 407 g/mol. The van der Waals surface area contributed by atoms with Crippen molar-refractivity contribution in [2.24, 2.45) is 5.92 Å². The molecule has 1 aliphatic heterocycles. The number of fused-ring (bicyclic) bond motifs is 1. The summed E-state index contributed by atoms with van der Waals surface area (Å²) < 4.78 is 5.44. The molecule has 4 rings (SSSR count). The minimum absolute atomic E-state index is 0.0126. The van der Waals surface area contributed by atoms with Gasteiger partial charge in [-0.15, -0.1) is 0 Å². The van der Waals surface area contributed by atoms with Gasteiger partial charge in [0.15, 0.2) is 0 Å². The van der Waals surface area contributed by atoms with E-state index in [0.29, 0.717) is 30.9 Å². The Labute approximate surface area is 176 Å². The molecule has 1 N–H and O–H groups in total. The largest absolute Gasteiger partial charge is 0.356 e. The van der Waals surface area contributed by atoms with Crippen LogP contribution in [0.2, 0.25) is 0 Å². The van der Waals surface area contributed by atoms with Gasteiger partial charge in [-0.25, -0.2) is 4.98 Å². The van der Waals surface area contributed by atoms with E-state index in [1.165, 1.54) is 5.56 Å². The predicted octanol–water partition coefficient (Wildman–Crippen LogP) is 3.72. The molecule has 0 unspecified atom stereocenters. The third kappa shape index (κ3) is 4.61. The molecule has 30 heavy (non-hydrogen) atoms. The summed E-state index contributed by atoms with van der Waals surface area (Å²) in [6.45, 7) is 8.72. The van der Waals surface area contributed by atoms with E-state index in [2.05, 4.69) is 27.3 Å². The molecule has 1 aromatic carbocycles. The first-order valence-corrected chi connectivity index (χ1v) is 10.7. The lowest BCUT2D eigenvalue weighted by Crippen LogP contribution is -2.34. The molecule has 0 saturated carbocycles. The van der Waals surface area contributed by atoms with Gasteiger partial charge in [-0.05, 0) is 38.2 Å². The van der Waals surface area contributed by atoms with Crippen molar-refractivity contribution in [2.75, 3.05) is 18.0 Å². The van der Waals surface area contributed by atoms with Crippen LogP contribution >= 0.6 is 0 Å². The summed E-state index contributed by atoms with van der Waals surface area (Å²) in [6, 6.07) is 8.16. The van der Waals surface area contributed by atoms with Crippen LogP contribution in [0.5, 0.6) is 0 Å². The number of nitrogens with zero attached hydrogens (tertiary/aromatic N) is 4. The molecule has 3 aromatic rings. The van der Waals surface area contributed by atoms with E-state index in [9.17, 15) is 4.79 Å². The van der Waals surface area contributed by atoms with Crippen LogP contribution in [0, 0.1) is 19.8 Å². The first-order chi connectivity index (χ1) is 14.5. The Morgan fingerprint density at radius 3 is 2.63 bits per heavy atom. The Bertz CT molecular complexity index is 1020. The molecule has 158 valence electrons. The molecule has 1 fully saturated rings. The van der Waals surface area contributed by atoms with E-state index in [0.717, 1.165) is 54.3 Å². The number of rotatable bonds is 6. The lowest BCUT2D eigenvalue weighted by Gasteiger charge is -2.31. The van der Waals surface area contributed by atoms with Gasteiger partial charge in [-0.3, -0.25) is 4.79 Å². The predicted molar refractivity (Wildman–Crippen MR) is 116 cm³/mol. The van der Waals surface area contributed by atoms with Gasteiger partial charge in [-0.1, -0.05) is 41.9 Å². The van der Waals surface area contributed by atoms with Crippen LogP contribution in [0.25, 0.3) is 11.1 Å². The van der Waals surface area contributed by atoms with Crippen LogP contribution in [0.4, 0.5) is 5.82 Å². The maximum Gasteiger partial charge on any atom is 0.263 e. The van der Waals surface area contributed by atoms with Crippen LogP contribution in [-0.2, 0) is 17.8 Å². The molecule has 0 radical (unpaired) electrons. The van der Waals surface area contributed by atoms with E-state index in [-0.39, 0.29) is 5.91 Å². The highest BCUT2D eigenvalue weighted by molar-refractivity contribution is 5.88. The van der Waals surface area contributed by atoms with Crippen molar-refractivity contribution in [3.63, 3.8) is 0 Å². The summed E-state index contributed by atoms with van der Waals surface area (Å²) in [7, 11) is 0. The number of hydrogen-bond donors (Lipinski definition) is 1. The lowest BCUT2D eigenvalue weighted by molar-refractivity contribution is -0.121. The van der Waals surface area contributed by atoms with E-state index >= 15 is 0 Å². The second kappa shape index (κ2) is 8.81. The van der Waals surface area contributed by atoms with Gasteiger partial charge in [0, 0.05) is 32.5 Å². The van der Waals surface area contributed by atoms with Crippen LogP contribution < -0.4 is 10.2 Å². The van der Waals surface area contributed by atoms with E-state index in [1.807, 2.05) is 38.1 Å². The fourth-order valence-electron chi connectivity index (χ4n) is 3.79. The van der Waals surface area contributed by atoms with Gasteiger partial charge in [0.05, 0.1) is 5.69 Å². The number of piperidine rings is 1. The minimum atomic E-state index is -0.0126. The second-order valence-corrected chi connectivity index (χ2v) is 8.34. The van der Waals surface area contributed by atoms with Gasteiger partial charge in [-0.2, -0.15) is 4.98 Å². The highest BCUT2D eigenvalue weighted by Crippen LogP contribution is 2.30. The smallest absolute Gasteiger partial charge is 0.263 e. The van der Waals surface area contributed by atoms with Gasteiger partial charge in [0.2, 0.25) is 5.91 Å². The average molecular weight is 408 g/mol. The molecule has 0 atom stereocenters. The minimum Gasteiger partial charge on any atom is -0.356 e. The van der Waals surface area contributed by atoms with Crippen LogP contribution in [0.15, 0.2) is 28.8 Å². The Morgan fingerprint density at radius 1 is 1.17 bits per heavy atom. The first kappa shape index (κ1) is 20.3. The summed E-state index contributed by atoms with van der Waals surface area (Å²) in [5.74, 6) is 2.23. The summed E-state index contributed by atoms with van der Waals surface area (Å²) in [5.41, 5.74) is 3.61. The molecule has 1 saturated heterocycles. The molecule has 1 aliphatic rings. The molecular formula is C23H29N5O2. The SMILES string of the molecule is Cc1ccc(CNC(=O)CCc2nc(N3CCC(C)CC3)c3c(C)noc3n2)cc1. The van der Waals surface area contributed by atoms with Gasteiger partial charge in [0.25, 0.3) is 5.71 Å². The quantitative estimate of drug-likeness (QED) is 0.670. The number of amides is 1. The Morgan fingerprint density at radius 2 is 1.90 bits per heavy atom. The number of aromatic nitrogens is 3. The number of hydrogen-bond acceptors (Lipinski definition) is 6. The average Bonchev–Trinajstić information content (AvgIpc) is 3.12. The third-order valence-corrected chi connectivity index (χ3v) is 5.80. The normalized spacial score (nSPS) is 15.0. The van der Waals surface area contributed by atoms with Crippen molar-refractivity contribution in [2.45, 2.75) is 53.0 Å². The second-order valence-electron chi connectivity index (χ2n) is 8.34. The number of carbonyl (C=O) groups excluding carboxylic acids is 1. The number of aryl methyl sites for hydroxylation is 3. The van der Waals surface area contributed by atoms with E-state index < -0.39 is 0 Å². The van der Waals surface area contributed by atoms with Gasteiger partial charge >= 0.3 is 0 Å². The zero-order chi connectivity index (χ0) is 21.1. The van der Waals surface area contributed by atoms with Crippen molar-refractivity contribution in [1.82, 2.24) is 20.4 Å². The molecule has 0 spiro atoms. The molecule has 0 bridgehead atoms. The Balaban J connectivity index is 1.43. The Hall–Kier alpha value is -2.96. The zero-order valence-corrected chi connectivity index (χ0v) is 17.9. The molecular weight excluding hydrogens is 378 g/mol. The fourth-order valence-corrected chi connectivity index (χ4v) is 3.79. The van der Waals surface area contributed by atoms with Crippen molar-refractivity contribution >= 4 is 22.8 Å². The first-order valence-electron chi connectivity index (χ1n) is 10.7. The Kier molecular flexibility index (Phi) is 5.97. The van der Waals surface area contributed by atoms with Crippen molar-refractivity contribution in [3.8, 4) is 0 Å². The maximum absolute atomic E-state index is 12.3. The third-order valence-electron chi connectivity index (χ3n) is 5.80. The topological polar surface area (TPSA) is 84.2 Å². The van der Waals surface area contributed by atoms with Crippen molar-refractivity contribution in [1.29, 1.82) is 0 Å². The zero-order valence-electron chi connectivity index (χ0n) is 17.9. The van der Waals surface area contributed by atoms with E-state index in [4.69, 9.17) is 9.51 Å². The van der Waals surface area contributed by atoms with Crippen molar-refractivity contribution in [3.05, 3.63) is 46.9 Å². The number of nitrogens with one attached hydrogen (secondary N) is 1. The molecule has 1 amide bonds. The van der Waals surface area contributed by atoms with Crippen molar-refractivity contribution < 1.29 is 9.32 Å². The van der Waals surface area contributed by atoms with Crippen LogP contribution in [0.1, 0.15) is 48.8 Å². The van der Waals surface area contributed by atoms with Gasteiger partial charge < -0.3 is 14.7 Å². The number of benzene rings is 1.